The summed E-state index contributed by atoms with van der Waals surface area (Å²) in [7, 11) is 0. The Kier molecular flexibility index (Phi) is 6.56. The molecule has 31 heavy (non-hydrogen) atoms. The average molecular weight is 437 g/mol. The van der Waals surface area contributed by atoms with Crippen LogP contribution in [0.3, 0.4) is 0 Å². The Morgan fingerprint density at radius 3 is 2.48 bits per heavy atom. The maximum absolute atomic E-state index is 12.5. The number of hydrogen-bond donors (Lipinski definition) is 1. The molecule has 0 unspecified atom stereocenters. The van der Waals surface area contributed by atoms with Crippen molar-refractivity contribution in [3.8, 4) is 5.69 Å². The van der Waals surface area contributed by atoms with Crippen LogP contribution >= 0.6 is 11.8 Å². The summed E-state index contributed by atoms with van der Waals surface area (Å²) >= 11 is 1.32. The molecule has 4 rings (SSSR count). The largest absolute Gasteiger partial charge is 0.372 e. The van der Waals surface area contributed by atoms with Gasteiger partial charge in [0.1, 0.15) is 0 Å². The van der Waals surface area contributed by atoms with E-state index in [9.17, 15) is 4.79 Å². The predicted molar refractivity (Wildman–Crippen MR) is 125 cm³/mol. The van der Waals surface area contributed by atoms with Crippen LogP contribution in [0.5, 0.6) is 0 Å². The lowest BCUT2D eigenvalue weighted by atomic mass is 10.0. The minimum absolute atomic E-state index is 0.0771. The Bertz CT molecular complexity index is 1040. The Hall–Kier alpha value is -2.87. The van der Waals surface area contributed by atoms with E-state index >= 15 is 0 Å². The van der Waals surface area contributed by atoms with Crippen LogP contribution in [0, 0.1) is 6.92 Å². The molecule has 0 aliphatic carbocycles. The van der Waals surface area contributed by atoms with E-state index in [4.69, 9.17) is 0 Å². The van der Waals surface area contributed by atoms with Gasteiger partial charge in [-0.05, 0) is 77.6 Å². The minimum Gasteiger partial charge on any atom is -0.372 e. The first-order chi connectivity index (χ1) is 15.0. The topological polar surface area (TPSA) is 75.9 Å². The molecular formula is C23H28N6OS. The lowest BCUT2D eigenvalue weighted by molar-refractivity contribution is -0.113. The number of thioether (sulfide) groups is 1. The van der Waals surface area contributed by atoms with E-state index in [0.29, 0.717) is 11.1 Å². The molecule has 1 aliphatic heterocycles. The van der Waals surface area contributed by atoms with Crippen LogP contribution < -0.4 is 10.2 Å². The molecule has 2 heterocycles. The molecule has 162 valence electrons. The highest BCUT2D eigenvalue weighted by molar-refractivity contribution is 7.99. The van der Waals surface area contributed by atoms with E-state index in [1.807, 2.05) is 25.1 Å². The second-order valence-corrected chi connectivity index (χ2v) is 9.09. The first kappa shape index (κ1) is 21.4. The van der Waals surface area contributed by atoms with Crippen molar-refractivity contribution in [2.24, 2.45) is 0 Å². The third-order valence-electron chi connectivity index (χ3n) is 5.53. The second kappa shape index (κ2) is 9.51. The molecule has 1 aliphatic rings. The molecule has 1 saturated heterocycles. The van der Waals surface area contributed by atoms with Crippen molar-refractivity contribution in [2.45, 2.75) is 44.7 Å². The van der Waals surface area contributed by atoms with Crippen molar-refractivity contribution < 1.29 is 4.79 Å². The molecule has 1 fully saturated rings. The fraction of sp³-hybridized carbons (Fsp3) is 0.391. The number of amides is 1. The van der Waals surface area contributed by atoms with Gasteiger partial charge in [-0.2, -0.15) is 4.68 Å². The predicted octanol–water partition coefficient (Wildman–Crippen LogP) is 4.43. The molecule has 1 N–H and O–H groups in total. The smallest absolute Gasteiger partial charge is 0.234 e. The average Bonchev–Trinajstić information content (AvgIpc) is 3.46. The van der Waals surface area contributed by atoms with Gasteiger partial charge in [0.15, 0.2) is 0 Å². The fourth-order valence-corrected chi connectivity index (χ4v) is 4.40. The van der Waals surface area contributed by atoms with Gasteiger partial charge in [-0.3, -0.25) is 4.79 Å². The first-order valence-corrected chi connectivity index (χ1v) is 11.7. The molecule has 8 heteroatoms. The number of rotatable bonds is 7. The van der Waals surface area contributed by atoms with Crippen molar-refractivity contribution in [2.75, 3.05) is 29.1 Å². The number of carbonyl (C=O) groups is 1. The molecule has 0 spiro atoms. The van der Waals surface area contributed by atoms with Gasteiger partial charge in [0.25, 0.3) is 0 Å². The van der Waals surface area contributed by atoms with Gasteiger partial charge in [-0.1, -0.05) is 37.7 Å². The van der Waals surface area contributed by atoms with Crippen molar-refractivity contribution in [3.05, 3.63) is 53.6 Å². The summed E-state index contributed by atoms with van der Waals surface area (Å²) in [6.45, 7) is 8.57. The summed E-state index contributed by atoms with van der Waals surface area (Å²) in [6, 6.07) is 14.4. The zero-order valence-corrected chi connectivity index (χ0v) is 19.0. The molecule has 0 saturated carbocycles. The molecule has 0 radical (unpaired) electrons. The van der Waals surface area contributed by atoms with Crippen molar-refractivity contribution in [3.63, 3.8) is 0 Å². The van der Waals surface area contributed by atoms with E-state index in [2.05, 4.69) is 63.9 Å². The van der Waals surface area contributed by atoms with Gasteiger partial charge >= 0.3 is 0 Å². The zero-order chi connectivity index (χ0) is 21.8. The lowest BCUT2D eigenvalue weighted by Gasteiger charge is -2.19. The summed E-state index contributed by atoms with van der Waals surface area (Å²) < 4.78 is 1.66. The number of nitrogens with one attached hydrogen (secondary N) is 1. The molecular weight excluding hydrogens is 408 g/mol. The Labute approximate surface area is 187 Å². The molecule has 7 nitrogen and oxygen atoms in total. The molecule has 2 aromatic carbocycles. The van der Waals surface area contributed by atoms with Gasteiger partial charge in [-0.25, -0.2) is 0 Å². The van der Waals surface area contributed by atoms with Gasteiger partial charge in [0.05, 0.1) is 11.4 Å². The highest BCUT2D eigenvalue weighted by Gasteiger charge is 2.15. The van der Waals surface area contributed by atoms with Gasteiger partial charge in [0.2, 0.25) is 11.1 Å². The van der Waals surface area contributed by atoms with Crippen LogP contribution in [0.25, 0.3) is 5.69 Å². The van der Waals surface area contributed by atoms with E-state index < -0.39 is 0 Å². The Balaban J connectivity index is 1.37. The molecule has 3 aromatic rings. The SMILES string of the molecule is Cc1cc(N2CCCC2)ccc1NC(=O)CSc1nnnn1-c1ccc(C(C)C)cc1. The summed E-state index contributed by atoms with van der Waals surface area (Å²) in [6.07, 6.45) is 2.49. The number of carbonyl (C=O) groups excluding carboxylic acids is 1. The highest BCUT2D eigenvalue weighted by atomic mass is 32.2. The zero-order valence-electron chi connectivity index (χ0n) is 18.2. The highest BCUT2D eigenvalue weighted by Crippen LogP contribution is 2.26. The molecule has 1 aromatic heterocycles. The van der Waals surface area contributed by atoms with E-state index in [0.717, 1.165) is 30.0 Å². The lowest BCUT2D eigenvalue weighted by Crippen LogP contribution is -2.18. The summed E-state index contributed by atoms with van der Waals surface area (Å²) in [5.74, 6) is 0.623. The summed E-state index contributed by atoms with van der Waals surface area (Å²) in [5, 5.41) is 15.6. The quantitative estimate of drug-likeness (QED) is 0.553. The number of benzene rings is 2. The normalized spacial score (nSPS) is 13.7. The maximum Gasteiger partial charge on any atom is 0.234 e. The van der Waals surface area contributed by atoms with E-state index in [1.54, 1.807) is 4.68 Å². The molecule has 0 atom stereocenters. The standard InChI is InChI=1S/C23H28N6OS/c1-16(2)18-6-8-19(9-7-18)29-23(25-26-27-29)31-15-22(30)24-21-11-10-20(14-17(21)3)28-12-4-5-13-28/h6-11,14,16H,4-5,12-13,15H2,1-3H3,(H,24,30). The van der Waals surface area contributed by atoms with Crippen molar-refractivity contribution in [1.29, 1.82) is 0 Å². The van der Waals surface area contributed by atoms with Gasteiger partial charge in [0, 0.05) is 24.5 Å². The molecule has 1 amide bonds. The molecule has 0 bridgehead atoms. The van der Waals surface area contributed by atoms with Crippen LogP contribution in [0.2, 0.25) is 0 Å². The van der Waals surface area contributed by atoms with Crippen LogP contribution in [-0.2, 0) is 4.79 Å². The maximum atomic E-state index is 12.5. The minimum atomic E-state index is -0.0771. The number of nitrogens with zero attached hydrogens (tertiary/aromatic N) is 5. The van der Waals surface area contributed by atoms with Crippen LogP contribution in [0.15, 0.2) is 47.6 Å². The van der Waals surface area contributed by atoms with Crippen molar-refractivity contribution in [1.82, 2.24) is 20.2 Å². The van der Waals surface area contributed by atoms with E-state index in [1.165, 1.54) is 35.9 Å². The third kappa shape index (κ3) is 5.07. The Morgan fingerprint density at radius 1 is 1.10 bits per heavy atom. The summed E-state index contributed by atoms with van der Waals surface area (Å²) in [5.41, 5.74) is 5.28. The summed E-state index contributed by atoms with van der Waals surface area (Å²) in [4.78, 5) is 14.9. The first-order valence-electron chi connectivity index (χ1n) is 10.7. The number of anilines is 2. The second-order valence-electron chi connectivity index (χ2n) is 8.15. The van der Waals surface area contributed by atoms with Crippen LogP contribution in [0.4, 0.5) is 11.4 Å². The monoisotopic (exact) mass is 436 g/mol. The third-order valence-corrected chi connectivity index (χ3v) is 6.45. The number of hydrogen-bond acceptors (Lipinski definition) is 6. The fourth-order valence-electron chi connectivity index (χ4n) is 3.71. The van der Waals surface area contributed by atoms with E-state index in [-0.39, 0.29) is 11.7 Å². The van der Waals surface area contributed by atoms with Crippen LogP contribution in [0.1, 0.15) is 43.7 Å². The number of aromatic nitrogens is 4. The van der Waals surface area contributed by atoms with Crippen molar-refractivity contribution >= 4 is 29.0 Å². The van der Waals surface area contributed by atoms with Gasteiger partial charge in [-0.15, -0.1) is 5.10 Å². The van der Waals surface area contributed by atoms with Crippen LogP contribution in [-0.4, -0.2) is 45.0 Å². The number of aryl methyl sites for hydroxylation is 1. The Morgan fingerprint density at radius 2 is 1.81 bits per heavy atom. The van der Waals surface area contributed by atoms with Gasteiger partial charge < -0.3 is 10.2 Å². The number of tetrazole rings is 1.